The lowest BCUT2D eigenvalue weighted by Crippen LogP contribution is -2.19. The number of hydrogen-bond acceptors (Lipinski definition) is 4. The zero-order chi connectivity index (χ0) is 19.8. The largest absolute Gasteiger partial charge is 0.508 e. The van der Waals surface area contributed by atoms with E-state index >= 15 is 0 Å². The quantitative estimate of drug-likeness (QED) is 0.460. The zero-order valence-electron chi connectivity index (χ0n) is 15.4. The molecule has 0 fully saturated rings. The van der Waals surface area contributed by atoms with Crippen LogP contribution in [0.1, 0.15) is 11.1 Å². The van der Waals surface area contributed by atoms with E-state index in [1.165, 1.54) is 4.52 Å². The van der Waals surface area contributed by atoms with Crippen molar-refractivity contribution in [3.63, 3.8) is 0 Å². The van der Waals surface area contributed by atoms with Crippen LogP contribution in [0.25, 0.3) is 27.2 Å². The summed E-state index contributed by atoms with van der Waals surface area (Å²) in [5, 5.41) is 15.1. The molecule has 2 N–H and O–H groups in total. The van der Waals surface area contributed by atoms with E-state index in [-0.39, 0.29) is 11.3 Å². The van der Waals surface area contributed by atoms with Crippen molar-refractivity contribution in [1.29, 1.82) is 0 Å². The normalized spacial score (nSPS) is 11.2. The zero-order valence-corrected chi connectivity index (χ0v) is 16.2. The maximum absolute atomic E-state index is 12.9. The minimum Gasteiger partial charge on any atom is -0.508 e. The molecule has 0 amide bonds. The number of aromatic nitrogens is 3. The summed E-state index contributed by atoms with van der Waals surface area (Å²) in [5.41, 5.74) is 4.84. The van der Waals surface area contributed by atoms with Gasteiger partial charge in [0.15, 0.2) is 5.65 Å². The predicted molar refractivity (Wildman–Crippen MR) is 115 cm³/mol. The Morgan fingerprint density at radius 3 is 2.62 bits per heavy atom. The second-order valence-electron chi connectivity index (χ2n) is 6.81. The Hall–Kier alpha value is -3.64. The average molecular weight is 399 g/mol. The molecule has 2 aromatic carbocycles. The van der Waals surface area contributed by atoms with Crippen LogP contribution in [0.15, 0.2) is 83.2 Å². The van der Waals surface area contributed by atoms with Crippen LogP contribution in [-0.4, -0.2) is 19.7 Å². The number of phenols is 1. The smallest absolute Gasteiger partial charge is 0.276 e. The van der Waals surface area contributed by atoms with E-state index in [1.807, 2.05) is 30.5 Å². The maximum Gasteiger partial charge on any atom is 0.276 e. The van der Waals surface area contributed by atoms with Crippen molar-refractivity contribution in [3.8, 4) is 27.3 Å². The number of nitrogens with zero attached hydrogens (tertiary/aromatic N) is 2. The van der Waals surface area contributed by atoms with Gasteiger partial charge >= 0.3 is 0 Å². The lowest BCUT2D eigenvalue weighted by atomic mass is 10.1. The third kappa shape index (κ3) is 3.13. The molecule has 5 aromatic rings. The van der Waals surface area contributed by atoms with Gasteiger partial charge < -0.3 is 5.11 Å². The van der Waals surface area contributed by atoms with Crippen LogP contribution in [0, 0.1) is 0 Å². The number of para-hydroxylation sites is 1. The topological polar surface area (TPSA) is 70.4 Å². The minimum atomic E-state index is -0.163. The molecule has 142 valence electrons. The fraction of sp³-hybridized carbons (Fsp3) is 0.0435. The first-order valence-electron chi connectivity index (χ1n) is 9.20. The van der Waals surface area contributed by atoms with E-state index in [1.54, 1.807) is 35.7 Å². The maximum atomic E-state index is 12.9. The van der Waals surface area contributed by atoms with Crippen LogP contribution in [0.3, 0.4) is 0 Å². The number of H-pyrrole nitrogens is 1. The second-order valence-corrected chi connectivity index (χ2v) is 7.72. The first kappa shape index (κ1) is 17.5. The molecule has 0 atom stereocenters. The van der Waals surface area contributed by atoms with Gasteiger partial charge in [-0.15, -0.1) is 11.3 Å². The first-order valence-corrected chi connectivity index (χ1v) is 10.1. The van der Waals surface area contributed by atoms with Gasteiger partial charge in [-0.2, -0.15) is 0 Å². The second kappa shape index (κ2) is 7.07. The van der Waals surface area contributed by atoms with Crippen molar-refractivity contribution in [2.75, 3.05) is 0 Å². The van der Waals surface area contributed by atoms with E-state index < -0.39 is 0 Å². The molecule has 0 saturated carbocycles. The van der Waals surface area contributed by atoms with E-state index in [0.29, 0.717) is 23.2 Å². The molecular weight excluding hydrogens is 382 g/mol. The molecule has 3 aromatic heterocycles. The van der Waals surface area contributed by atoms with Gasteiger partial charge in [-0.05, 0) is 34.2 Å². The summed E-state index contributed by atoms with van der Waals surface area (Å²) in [4.78, 5) is 18.5. The molecule has 0 radical (unpaired) electrons. The molecule has 0 aliphatic carbocycles. The minimum absolute atomic E-state index is 0.163. The van der Waals surface area contributed by atoms with Crippen LogP contribution in [0.4, 0.5) is 0 Å². The van der Waals surface area contributed by atoms with Crippen LogP contribution in [0.2, 0.25) is 0 Å². The number of fused-ring (bicyclic) bond motifs is 1. The van der Waals surface area contributed by atoms with E-state index in [4.69, 9.17) is 0 Å². The summed E-state index contributed by atoms with van der Waals surface area (Å²) < 4.78 is 1.46. The standard InChI is InChI=1S/C23H17N3O2S/c27-20-9-5-4-8-16(20)10-17-12-24-22-19(13-25-26(22)23(17)28)21-11-18(14-29-21)15-6-2-1-3-7-15/h1-9,11-14,25,27H,10H2. The number of aromatic amines is 1. The van der Waals surface area contributed by atoms with Crippen molar-refractivity contribution < 1.29 is 5.11 Å². The van der Waals surface area contributed by atoms with Gasteiger partial charge in [0.1, 0.15) is 5.75 Å². The average Bonchev–Trinajstić information content (AvgIpc) is 3.40. The number of rotatable bonds is 4. The van der Waals surface area contributed by atoms with Gasteiger partial charge in [-0.3, -0.25) is 9.89 Å². The van der Waals surface area contributed by atoms with Gasteiger partial charge in [-0.1, -0.05) is 48.5 Å². The monoisotopic (exact) mass is 399 g/mol. The number of phenolic OH excluding ortho intramolecular Hbond substituents is 1. The Bertz CT molecular complexity index is 1370. The van der Waals surface area contributed by atoms with Crippen LogP contribution < -0.4 is 5.56 Å². The molecule has 29 heavy (non-hydrogen) atoms. The van der Waals surface area contributed by atoms with E-state index in [2.05, 4.69) is 33.7 Å². The van der Waals surface area contributed by atoms with Crippen molar-refractivity contribution in [2.45, 2.75) is 6.42 Å². The van der Waals surface area contributed by atoms with E-state index in [9.17, 15) is 9.90 Å². The Labute approximate surface area is 170 Å². The molecule has 0 unspecified atom stereocenters. The fourth-order valence-electron chi connectivity index (χ4n) is 3.42. The van der Waals surface area contributed by atoms with Gasteiger partial charge in [-0.25, -0.2) is 9.50 Å². The molecule has 0 bridgehead atoms. The lowest BCUT2D eigenvalue weighted by Gasteiger charge is -2.04. The molecule has 6 heteroatoms. The lowest BCUT2D eigenvalue weighted by molar-refractivity contribution is 0.469. The summed E-state index contributed by atoms with van der Waals surface area (Å²) in [5.74, 6) is 0.177. The highest BCUT2D eigenvalue weighted by Gasteiger charge is 2.15. The predicted octanol–water partition coefficient (Wildman–Crippen LogP) is 4.71. The molecule has 0 aliphatic rings. The molecule has 3 heterocycles. The summed E-state index contributed by atoms with van der Waals surface area (Å²) in [7, 11) is 0. The third-order valence-corrected chi connectivity index (χ3v) is 5.92. The van der Waals surface area contributed by atoms with Crippen molar-refractivity contribution in [1.82, 2.24) is 14.6 Å². The summed E-state index contributed by atoms with van der Waals surface area (Å²) in [6.07, 6.45) is 3.74. The Balaban J connectivity index is 1.53. The molecule has 5 nitrogen and oxygen atoms in total. The number of nitrogens with one attached hydrogen (secondary N) is 1. The van der Waals surface area contributed by atoms with Crippen LogP contribution in [0.5, 0.6) is 5.75 Å². The molecule has 5 rings (SSSR count). The first-order chi connectivity index (χ1) is 14.2. The summed E-state index contributed by atoms with van der Waals surface area (Å²) in [6.45, 7) is 0. The fourth-order valence-corrected chi connectivity index (χ4v) is 4.35. The molecule has 0 aliphatic heterocycles. The van der Waals surface area contributed by atoms with E-state index in [0.717, 1.165) is 21.6 Å². The molecule has 0 spiro atoms. The molecule has 0 saturated heterocycles. The van der Waals surface area contributed by atoms with Crippen LogP contribution in [-0.2, 0) is 6.42 Å². The summed E-state index contributed by atoms with van der Waals surface area (Å²) in [6, 6.07) is 19.3. The highest BCUT2D eigenvalue weighted by atomic mass is 32.1. The SMILES string of the molecule is O=c1c(Cc2ccccc2O)cnc2c(-c3cc(-c4ccccc4)cs3)c[nH]n12. The van der Waals surface area contributed by atoms with Gasteiger partial charge in [0.05, 0.1) is 5.56 Å². The van der Waals surface area contributed by atoms with Gasteiger partial charge in [0, 0.05) is 29.3 Å². The number of benzene rings is 2. The summed E-state index contributed by atoms with van der Waals surface area (Å²) >= 11 is 1.62. The van der Waals surface area contributed by atoms with Crippen molar-refractivity contribution in [3.05, 3.63) is 99.9 Å². The van der Waals surface area contributed by atoms with Crippen molar-refractivity contribution in [2.24, 2.45) is 0 Å². The Morgan fingerprint density at radius 2 is 1.79 bits per heavy atom. The third-order valence-electron chi connectivity index (χ3n) is 4.96. The van der Waals surface area contributed by atoms with Crippen molar-refractivity contribution >= 4 is 17.0 Å². The Morgan fingerprint density at radius 1 is 1.00 bits per heavy atom. The highest BCUT2D eigenvalue weighted by Crippen LogP contribution is 2.34. The number of thiophene rings is 1. The highest BCUT2D eigenvalue weighted by molar-refractivity contribution is 7.14. The Kier molecular flexibility index (Phi) is 4.26. The van der Waals surface area contributed by atoms with Gasteiger partial charge in [0.25, 0.3) is 5.56 Å². The number of aromatic hydroxyl groups is 1. The number of hydrogen-bond donors (Lipinski definition) is 2. The van der Waals surface area contributed by atoms with Gasteiger partial charge in [0.2, 0.25) is 0 Å². The van der Waals surface area contributed by atoms with Crippen LogP contribution >= 0.6 is 11.3 Å². The molecular formula is C23H17N3O2S.